The number of nitrogens with two attached hydrogens (primary N) is 1. The van der Waals surface area contributed by atoms with E-state index in [1.165, 1.54) is 5.56 Å². The van der Waals surface area contributed by atoms with Gasteiger partial charge >= 0.3 is 0 Å². The Balaban J connectivity index is 2.26. The first kappa shape index (κ1) is 17.6. The van der Waals surface area contributed by atoms with Crippen molar-refractivity contribution in [1.29, 1.82) is 0 Å². The van der Waals surface area contributed by atoms with Crippen molar-refractivity contribution in [2.45, 2.75) is 26.2 Å². The third-order valence-corrected chi connectivity index (χ3v) is 5.17. The Bertz CT molecular complexity index is 884. The molecule has 0 atom stereocenters. The van der Waals surface area contributed by atoms with Gasteiger partial charge in [-0.25, -0.2) is 0 Å². The molecule has 0 amide bonds. The second-order valence-corrected chi connectivity index (χ2v) is 7.21. The highest BCUT2D eigenvalue weighted by Crippen LogP contribution is 2.40. The molecule has 0 aliphatic carbocycles. The van der Waals surface area contributed by atoms with E-state index in [2.05, 4.69) is 11.9 Å². The van der Waals surface area contributed by atoms with Crippen LogP contribution in [0.15, 0.2) is 30.3 Å². The number of benzene rings is 2. The Labute approximate surface area is 156 Å². The van der Waals surface area contributed by atoms with Gasteiger partial charge in [0.25, 0.3) is 0 Å². The molecule has 2 nitrogen and oxygen atoms in total. The number of fused-ring (bicyclic) bond motifs is 1. The quantitative estimate of drug-likeness (QED) is 0.494. The molecule has 0 spiro atoms. The monoisotopic (exact) mass is 380 g/mol. The number of nitrogens with one attached hydrogen (secondary N) is 1. The van der Waals surface area contributed by atoms with Crippen molar-refractivity contribution in [1.82, 2.24) is 4.98 Å². The molecule has 0 unspecified atom stereocenters. The van der Waals surface area contributed by atoms with Gasteiger partial charge < -0.3 is 10.7 Å². The van der Waals surface area contributed by atoms with Crippen LogP contribution in [0.5, 0.6) is 0 Å². The molecule has 0 bridgehead atoms. The van der Waals surface area contributed by atoms with Crippen LogP contribution in [0.25, 0.3) is 22.2 Å². The van der Waals surface area contributed by atoms with Gasteiger partial charge in [0.05, 0.1) is 16.2 Å². The highest BCUT2D eigenvalue weighted by atomic mass is 35.5. The normalized spacial score (nSPS) is 11.4. The Morgan fingerprint density at radius 1 is 1.00 bits per heavy atom. The van der Waals surface area contributed by atoms with E-state index in [4.69, 9.17) is 40.5 Å². The van der Waals surface area contributed by atoms with Crippen LogP contribution in [0.4, 0.5) is 0 Å². The molecular weight excluding hydrogens is 363 g/mol. The Morgan fingerprint density at radius 3 is 2.50 bits per heavy atom. The zero-order valence-electron chi connectivity index (χ0n) is 13.4. The number of unbranched alkanes of at least 4 members (excludes halogenated alkanes) is 1. The van der Waals surface area contributed by atoms with Crippen LogP contribution in [0.2, 0.25) is 15.1 Å². The van der Waals surface area contributed by atoms with Crippen molar-refractivity contribution < 1.29 is 0 Å². The highest BCUT2D eigenvalue weighted by Gasteiger charge is 2.18. The van der Waals surface area contributed by atoms with Crippen LogP contribution in [-0.4, -0.2) is 11.5 Å². The zero-order valence-corrected chi connectivity index (χ0v) is 15.7. The SMILES string of the molecule is Cc1ccc(Cl)c2c(CCCCN)c(-c3cc(Cl)ccc3Cl)[nH]c12. The molecule has 0 saturated heterocycles. The number of rotatable bonds is 5. The molecule has 0 radical (unpaired) electrons. The van der Waals surface area contributed by atoms with E-state index in [0.717, 1.165) is 52.0 Å². The summed E-state index contributed by atoms with van der Waals surface area (Å²) in [5.74, 6) is 0. The molecule has 0 fully saturated rings. The van der Waals surface area contributed by atoms with Gasteiger partial charge in [-0.05, 0) is 68.1 Å². The minimum atomic E-state index is 0.656. The molecule has 24 heavy (non-hydrogen) atoms. The van der Waals surface area contributed by atoms with Crippen molar-refractivity contribution in [3.63, 3.8) is 0 Å². The second-order valence-electron chi connectivity index (χ2n) is 5.96. The molecule has 5 heteroatoms. The average molecular weight is 382 g/mol. The number of halogens is 3. The van der Waals surface area contributed by atoms with Gasteiger partial charge in [-0.3, -0.25) is 0 Å². The topological polar surface area (TPSA) is 41.8 Å². The van der Waals surface area contributed by atoms with Crippen LogP contribution in [0.1, 0.15) is 24.0 Å². The number of hydrogen-bond acceptors (Lipinski definition) is 1. The predicted octanol–water partition coefficient (Wildman–Crippen LogP) is 6.38. The number of aromatic amines is 1. The van der Waals surface area contributed by atoms with E-state index in [1.54, 1.807) is 6.07 Å². The molecule has 2 aromatic carbocycles. The van der Waals surface area contributed by atoms with Gasteiger partial charge in [-0.15, -0.1) is 0 Å². The number of aromatic nitrogens is 1. The molecule has 126 valence electrons. The van der Waals surface area contributed by atoms with E-state index >= 15 is 0 Å². The lowest BCUT2D eigenvalue weighted by atomic mass is 9.99. The Hall–Kier alpha value is -1.19. The molecule has 3 aromatic rings. The van der Waals surface area contributed by atoms with Crippen LogP contribution >= 0.6 is 34.8 Å². The lowest BCUT2D eigenvalue weighted by Crippen LogP contribution is -1.99. The minimum Gasteiger partial charge on any atom is -0.354 e. The number of H-pyrrole nitrogens is 1. The van der Waals surface area contributed by atoms with Gasteiger partial charge in [0.1, 0.15) is 0 Å². The maximum atomic E-state index is 6.52. The van der Waals surface area contributed by atoms with Crippen LogP contribution in [0, 0.1) is 6.92 Å². The average Bonchev–Trinajstić information content (AvgIpc) is 2.94. The van der Waals surface area contributed by atoms with E-state index in [0.29, 0.717) is 16.6 Å². The molecule has 0 saturated carbocycles. The van der Waals surface area contributed by atoms with Gasteiger partial charge in [-0.2, -0.15) is 0 Å². The molecule has 3 N–H and O–H groups in total. The summed E-state index contributed by atoms with van der Waals surface area (Å²) in [6, 6.07) is 9.48. The largest absolute Gasteiger partial charge is 0.354 e. The Morgan fingerprint density at radius 2 is 1.75 bits per heavy atom. The second kappa shape index (κ2) is 7.37. The Kier molecular flexibility index (Phi) is 5.41. The summed E-state index contributed by atoms with van der Waals surface area (Å²) in [4.78, 5) is 3.53. The maximum Gasteiger partial charge on any atom is 0.0513 e. The summed E-state index contributed by atoms with van der Waals surface area (Å²) in [5.41, 5.74) is 10.9. The fraction of sp³-hybridized carbons (Fsp3) is 0.263. The number of aryl methyl sites for hydroxylation is 2. The van der Waals surface area contributed by atoms with Crippen molar-refractivity contribution in [2.24, 2.45) is 5.73 Å². The lowest BCUT2D eigenvalue weighted by Gasteiger charge is -2.08. The van der Waals surface area contributed by atoms with Crippen molar-refractivity contribution >= 4 is 45.7 Å². The minimum absolute atomic E-state index is 0.656. The van der Waals surface area contributed by atoms with Gasteiger partial charge in [-0.1, -0.05) is 40.9 Å². The third kappa shape index (κ3) is 3.29. The molecule has 1 heterocycles. The van der Waals surface area contributed by atoms with Crippen LogP contribution < -0.4 is 5.73 Å². The smallest absolute Gasteiger partial charge is 0.0513 e. The lowest BCUT2D eigenvalue weighted by molar-refractivity contribution is 0.748. The standard InChI is InChI=1S/C19H19Cl3N2/c1-11-5-7-16(22)17-13(4-2-3-9-23)19(24-18(11)17)14-10-12(20)6-8-15(14)21/h5-8,10,24H,2-4,9,23H2,1H3. The van der Waals surface area contributed by atoms with Gasteiger partial charge in [0.2, 0.25) is 0 Å². The van der Waals surface area contributed by atoms with Gasteiger partial charge in [0.15, 0.2) is 0 Å². The fourth-order valence-electron chi connectivity index (χ4n) is 3.08. The summed E-state index contributed by atoms with van der Waals surface area (Å²) in [6.07, 6.45) is 2.86. The van der Waals surface area contributed by atoms with E-state index in [9.17, 15) is 0 Å². The zero-order chi connectivity index (χ0) is 17.3. The molecule has 0 aliphatic rings. The molecule has 1 aromatic heterocycles. The number of hydrogen-bond donors (Lipinski definition) is 2. The molecule has 3 rings (SSSR count). The summed E-state index contributed by atoms with van der Waals surface area (Å²) < 4.78 is 0. The maximum absolute atomic E-state index is 6.52. The van der Waals surface area contributed by atoms with Crippen molar-refractivity contribution in [3.05, 3.63) is 56.5 Å². The van der Waals surface area contributed by atoms with E-state index < -0.39 is 0 Å². The summed E-state index contributed by atoms with van der Waals surface area (Å²) in [5, 5.41) is 3.14. The first-order valence-corrected chi connectivity index (χ1v) is 9.11. The predicted molar refractivity (Wildman–Crippen MR) is 105 cm³/mol. The fourth-order valence-corrected chi connectivity index (χ4v) is 3.73. The van der Waals surface area contributed by atoms with Crippen LogP contribution in [0.3, 0.4) is 0 Å². The summed E-state index contributed by atoms with van der Waals surface area (Å²) >= 11 is 19.1. The van der Waals surface area contributed by atoms with E-state index in [1.807, 2.05) is 24.3 Å². The summed E-state index contributed by atoms with van der Waals surface area (Å²) in [6.45, 7) is 2.75. The van der Waals surface area contributed by atoms with Crippen LogP contribution in [-0.2, 0) is 6.42 Å². The van der Waals surface area contributed by atoms with Crippen molar-refractivity contribution in [3.8, 4) is 11.3 Å². The summed E-state index contributed by atoms with van der Waals surface area (Å²) in [7, 11) is 0. The highest BCUT2D eigenvalue weighted by molar-refractivity contribution is 6.37. The van der Waals surface area contributed by atoms with Gasteiger partial charge in [0, 0.05) is 21.0 Å². The first-order valence-electron chi connectivity index (χ1n) is 7.98. The van der Waals surface area contributed by atoms with Crippen molar-refractivity contribution in [2.75, 3.05) is 6.54 Å². The first-order chi connectivity index (χ1) is 11.5. The van der Waals surface area contributed by atoms with E-state index in [-0.39, 0.29) is 0 Å². The molecule has 0 aliphatic heterocycles. The third-order valence-electron chi connectivity index (χ3n) is 4.30. The molecular formula is C19H19Cl3N2.